The van der Waals surface area contributed by atoms with Gasteiger partial charge in [-0.25, -0.2) is 0 Å². The van der Waals surface area contributed by atoms with E-state index in [1.165, 1.54) is 0 Å². The van der Waals surface area contributed by atoms with Gasteiger partial charge in [-0.05, 0) is 50.2 Å². The SMILES string of the molecule is CC(C)Oc1ccc(NC(=O)c2cccc(Cl)c2N)cc1. The van der Waals surface area contributed by atoms with Gasteiger partial charge in [0.05, 0.1) is 22.4 Å². The molecule has 5 heteroatoms. The van der Waals surface area contributed by atoms with Gasteiger partial charge in [0.25, 0.3) is 5.91 Å². The molecule has 0 aliphatic carbocycles. The van der Waals surface area contributed by atoms with E-state index in [0.29, 0.717) is 16.3 Å². The Labute approximate surface area is 128 Å². The summed E-state index contributed by atoms with van der Waals surface area (Å²) in [4.78, 5) is 12.2. The van der Waals surface area contributed by atoms with Gasteiger partial charge in [-0.1, -0.05) is 17.7 Å². The smallest absolute Gasteiger partial charge is 0.257 e. The Kier molecular flexibility index (Phi) is 4.70. The van der Waals surface area contributed by atoms with Crippen molar-refractivity contribution in [3.8, 4) is 5.75 Å². The lowest BCUT2D eigenvalue weighted by Gasteiger charge is -2.11. The van der Waals surface area contributed by atoms with Crippen molar-refractivity contribution in [2.75, 3.05) is 11.1 Å². The first-order valence-corrected chi connectivity index (χ1v) is 6.97. The van der Waals surface area contributed by atoms with Crippen molar-refractivity contribution >= 4 is 28.9 Å². The monoisotopic (exact) mass is 304 g/mol. The van der Waals surface area contributed by atoms with E-state index in [9.17, 15) is 4.79 Å². The van der Waals surface area contributed by atoms with E-state index in [-0.39, 0.29) is 17.7 Å². The summed E-state index contributed by atoms with van der Waals surface area (Å²) in [5, 5.41) is 3.14. The van der Waals surface area contributed by atoms with Gasteiger partial charge in [0.1, 0.15) is 5.75 Å². The second kappa shape index (κ2) is 6.50. The average Bonchev–Trinajstić information content (AvgIpc) is 2.43. The molecular formula is C16H17ClN2O2. The number of ether oxygens (including phenoxy) is 1. The largest absolute Gasteiger partial charge is 0.491 e. The molecular weight excluding hydrogens is 288 g/mol. The van der Waals surface area contributed by atoms with Gasteiger partial charge >= 0.3 is 0 Å². The fourth-order valence-electron chi connectivity index (χ4n) is 1.82. The van der Waals surface area contributed by atoms with Crippen LogP contribution in [0.5, 0.6) is 5.75 Å². The maximum absolute atomic E-state index is 12.2. The summed E-state index contributed by atoms with van der Waals surface area (Å²) in [5.41, 5.74) is 7.09. The molecule has 2 aromatic carbocycles. The van der Waals surface area contributed by atoms with E-state index >= 15 is 0 Å². The van der Waals surface area contributed by atoms with Crippen molar-refractivity contribution in [2.24, 2.45) is 0 Å². The number of hydrogen-bond acceptors (Lipinski definition) is 3. The second-order valence-corrected chi connectivity index (χ2v) is 5.25. The van der Waals surface area contributed by atoms with Gasteiger partial charge in [-0.15, -0.1) is 0 Å². The van der Waals surface area contributed by atoms with Crippen molar-refractivity contribution in [1.29, 1.82) is 0 Å². The van der Waals surface area contributed by atoms with E-state index in [4.69, 9.17) is 22.1 Å². The lowest BCUT2D eigenvalue weighted by Crippen LogP contribution is -2.14. The zero-order chi connectivity index (χ0) is 15.4. The zero-order valence-corrected chi connectivity index (χ0v) is 12.6. The minimum absolute atomic E-state index is 0.108. The minimum atomic E-state index is -0.299. The van der Waals surface area contributed by atoms with Crippen LogP contribution in [0, 0.1) is 0 Å². The number of para-hydroxylation sites is 1. The van der Waals surface area contributed by atoms with Crippen molar-refractivity contribution in [2.45, 2.75) is 20.0 Å². The maximum Gasteiger partial charge on any atom is 0.257 e. The number of halogens is 1. The molecule has 0 aliphatic rings. The van der Waals surface area contributed by atoms with Crippen molar-refractivity contribution < 1.29 is 9.53 Å². The molecule has 21 heavy (non-hydrogen) atoms. The molecule has 110 valence electrons. The number of nitrogens with two attached hydrogens (primary N) is 1. The summed E-state index contributed by atoms with van der Waals surface area (Å²) in [5.74, 6) is 0.456. The number of benzene rings is 2. The number of carbonyl (C=O) groups excluding carboxylic acids is 1. The van der Waals surface area contributed by atoms with E-state index < -0.39 is 0 Å². The fraction of sp³-hybridized carbons (Fsp3) is 0.188. The third-order valence-electron chi connectivity index (χ3n) is 2.78. The number of rotatable bonds is 4. The Morgan fingerprint density at radius 3 is 2.48 bits per heavy atom. The number of nitrogens with one attached hydrogen (secondary N) is 1. The van der Waals surface area contributed by atoms with E-state index in [1.54, 1.807) is 42.5 Å². The molecule has 2 rings (SSSR count). The van der Waals surface area contributed by atoms with Crippen LogP contribution < -0.4 is 15.8 Å². The molecule has 4 nitrogen and oxygen atoms in total. The highest BCUT2D eigenvalue weighted by molar-refractivity contribution is 6.34. The molecule has 0 radical (unpaired) electrons. The number of nitrogen functional groups attached to an aromatic ring is 1. The lowest BCUT2D eigenvalue weighted by atomic mass is 10.1. The predicted octanol–water partition coefficient (Wildman–Crippen LogP) is 3.96. The summed E-state index contributed by atoms with van der Waals surface area (Å²) < 4.78 is 5.54. The average molecular weight is 305 g/mol. The molecule has 0 heterocycles. The van der Waals surface area contributed by atoms with E-state index in [2.05, 4.69) is 5.32 Å². The molecule has 3 N–H and O–H groups in total. The number of carbonyl (C=O) groups is 1. The molecule has 0 saturated heterocycles. The van der Waals surface area contributed by atoms with Gasteiger partial charge < -0.3 is 15.8 Å². The third-order valence-corrected chi connectivity index (χ3v) is 3.11. The highest BCUT2D eigenvalue weighted by Gasteiger charge is 2.12. The van der Waals surface area contributed by atoms with Crippen LogP contribution in [0.25, 0.3) is 0 Å². The first-order valence-electron chi connectivity index (χ1n) is 6.59. The highest BCUT2D eigenvalue weighted by atomic mass is 35.5. The van der Waals surface area contributed by atoms with Gasteiger partial charge in [0.15, 0.2) is 0 Å². The van der Waals surface area contributed by atoms with Gasteiger partial charge in [-0.3, -0.25) is 4.79 Å². The lowest BCUT2D eigenvalue weighted by molar-refractivity contribution is 0.102. The quantitative estimate of drug-likeness (QED) is 0.840. The van der Waals surface area contributed by atoms with Crippen LogP contribution in [0.15, 0.2) is 42.5 Å². The number of amides is 1. The molecule has 0 saturated carbocycles. The Hall–Kier alpha value is -2.20. The van der Waals surface area contributed by atoms with E-state index in [0.717, 1.165) is 5.75 Å². The number of anilines is 2. The van der Waals surface area contributed by atoms with E-state index in [1.807, 2.05) is 13.8 Å². The van der Waals surface area contributed by atoms with Crippen LogP contribution in [-0.4, -0.2) is 12.0 Å². The summed E-state index contributed by atoms with van der Waals surface area (Å²) in [6, 6.07) is 12.1. The second-order valence-electron chi connectivity index (χ2n) is 4.85. The van der Waals surface area contributed by atoms with Gasteiger partial charge in [0, 0.05) is 5.69 Å². The van der Waals surface area contributed by atoms with Crippen LogP contribution in [0.1, 0.15) is 24.2 Å². The summed E-state index contributed by atoms with van der Waals surface area (Å²) in [7, 11) is 0. The van der Waals surface area contributed by atoms with Crippen molar-refractivity contribution in [1.82, 2.24) is 0 Å². The normalized spacial score (nSPS) is 10.5. The molecule has 0 atom stereocenters. The Morgan fingerprint density at radius 2 is 1.86 bits per heavy atom. The van der Waals surface area contributed by atoms with Crippen LogP contribution in [0.2, 0.25) is 5.02 Å². The standard InChI is InChI=1S/C16H17ClN2O2/c1-10(2)21-12-8-6-11(7-9-12)19-16(20)13-4-3-5-14(17)15(13)18/h3-10H,18H2,1-2H3,(H,19,20). The van der Waals surface area contributed by atoms with Crippen LogP contribution in [0.3, 0.4) is 0 Å². The Balaban J connectivity index is 2.11. The molecule has 0 unspecified atom stereocenters. The molecule has 0 bridgehead atoms. The van der Waals surface area contributed by atoms with Gasteiger partial charge in [-0.2, -0.15) is 0 Å². The molecule has 0 aliphatic heterocycles. The van der Waals surface area contributed by atoms with Crippen LogP contribution >= 0.6 is 11.6 Å². The first-order chi connectivity index (χ1) is 9.97. The first kappa shape index (κ1) is 15.2. The molecule has 1 amide bonds. The Morgan fingerprint density at radius 1 is 1.19 bits per heavy atom. The topological polar surface area (TPSA) is 64.3 Å². The Bertz CT molecular complexity index is 639. The van der Waals surface area contributed by atoms with Gasteiger partial charge in [0.2, 0.25) is 0 Å². The minimum Gasteiger partial charge on any atom is -0.491 e. The highest BCUT2D eigenvalue weighted by Crippen LogP contribution is 2.24. The molecule has 2 aromatic rings. The maximum atomic E-state index is 12.2. The number of hydrogen-bond donors (Lipinski definition) is 2. The molecule has 0 fully saturated rings. The van der Waals surface area contributed by atoms with Crippen molar-refractivity contribution in [3.63, 3.8) is 0 Å². The predicted molar refractivity (Wildman–Crippen MR) is 86.0 cm³/mol. The summed E-state index contributed by atoms with van der Waals surface area (Å²) >= 11 is 5.91. The fourth-order valence-corrected chi connectivity index (χ4v) is 2.00. The summed E-state index contributed by atoms with van der Waals surface area (Å²) in [6.45, 7) is 3.91. The van der Waals surface area contributed by atoms with Crippen LogP contribution in [-0.2, 0) is 0 Å². The molecule has 0 aromatic heterocycles. The van der Waals surface area contributed by atoms with Crippen molar-refractivity contribution in [3.05, 3.63) is 53.1 Å². The third kappa shape index (κ3) is 3.89. The van der Waals surface area contributed by atoms with Crippen LogP contribution in [0.4, 0.5) is 11.4 Å². The zero-order valence-electron chi connectivity index (χ0n) is 11.9. The molecule has 0 spiro atoms. The summed E-state index contributed by atoms with van der Waals surface area (Å²) in [6.07, 6.45) is 0.108.